The molecule has 0 saturated carbocycles. The maximum atomic E-state index is 13.0. The number of nitrogens with one attached hydrogen (secondary N) is 1. The normalized spacial score (nSPS) is 10.2. The first-order chi connectivity index (χ1) is 9.99. The van der Waals surface area contributed by atoms with Gasteiger partial charge in [-0.15, -0.1) is 0 Å². The molecule has 1 aromatic heterocycles. The van der Waals surface area contributed by atoms with Crippen molar-refractivity contribution in [1.29, 1.82) is 0 Å². The predicted molar refractivity (Wildman–Crippen MR) is 74.8 cm³/mol. The number of methoxy groups -OCH3 is 1. The molecular weight excluding hydrogens is 277 g/mol. The van der Waals surface area contributed by atoms with Crippen LogP contribution in [0.3, 0.4) is 0 Å². The van der Waals surface area contributed by atoms with Gasteiger partial charge >= 0.3 is 0 Å². The van der Waals surface area contributed by atoms with Crippen LogP contribution in [0, 0.1) is 12.7 Å². The van der Waals surface area contributed by atoms with E-state index < -0.39 is 17.3 Å². The van der Waals surface area contributed by atoms with Gasteiger partial charge in [0, 0.05) is 17.4 Å². The van der Waals surface area contributed by atoms with Crippen molar-refractivity contribution in [2.45, 2.75) is 13.5 Å². The summed E-state index contributed by atoms with van der Waals surface area (Å²) in [6.07, 6.45) is 0. The average molecular weight is 291 g/mol. The number of aromatic nitrogens is 2. The van der Waals surface area contributed by atoms with Crippen LogP contribution in [0.5, 0.6) is 6.01 Å². The van der Waals surface area contributed by atoms with Gasteiger partial charge in [0.15, 0.2) is 0 Å². The molecule has 0 bridgehead atoms. The van der Waals surface area contributed by atoms with E-state index in [2.05, 4.69) is 10.3 Å². The Labute approximate surface area is 120 Å². The van der Waals surface area contributed by atoms with Gasteiger partial charge in [0.25, 0.3) is 11.6 Å². The molecule has 110 valence electrons. The van der Waals surface area contributed by atoms with E-state index in [0.717, 1.165) is 4.57 Å². The highest BCUT2D eigenvalue weighted by Crippen LogP contribution is 2.10. The molecule has 0 aliphatic heterocycles. The minimum atomic E-state index is -0.480. The van der Waals surface area contributed by atoms with Gasteiger partial charge in [-0.2, -0.15) is 0 Å². The first kappa shape index (κ1) is 14.7. The van der Waals surface area contributed by atoms with Crippen molar-refractivity contribution in [3.8, 4) is 6.01 Å². The van der Waals surface area contributed by atoms with Crippen molar-refractivity contribution in [3.63, 3.8) is 0 Å². The highest BCUT2D eigenvalue weighted by Gasteiger charge is 2.12. The Morgan fingerprint density at radius 2 is 2.19 bits per heavy atom. The maximum absolute atomic E-state index is 13.0. The number of carbonyl (C=O) groups excluding carboxylic acids is 1. The fraction of sp³-hybridized carbons (Fsp3) is 0.214. The summed E-state index contributed by atoms with van der Waals surface area (Å²) in [6.45, 7) is 1.38. The van der Waals surface area contributed by atoms with Crippen molar-refractivity contribution in [1.82, 2.24) is 9.55 Å². The number of aryl methyl sites for hydroxylation is 1. The highest BCUT2D eigenvalue weighted by atomic mass is 19.1. The fourth-order valence-electron chi connectivity index (χ4n) is 1.81. The molecule has 2 aromatic rings. The number of amides is 1. The lowest BCUT2D eigenvalue weighted by molar-refractivity contribution is -0.116. The average Bonchev–Trinajstić information content (AvgIpc) is 2.41. The van der Waals surface area contributed by atoms with Gasteiger partial charge in [-0.3, -0.25) is 14.2 Å². The molecule has 21 heavy (non-hydrogen) atoms. The molecule has 0 spiro atoms. The second-order valence-electron chi connectivity index (χ2n) is 4.37. The monoisotopic (exact) mass is 291 g/mol. The lowest BCUT2D eigenvalue weighted by atomic mass is 10.3. The zero-order chi connectivity index (χ0) is 15.4. The molecule has 1 heterocycles. The largest absolute Gasteiger partial charge is 0.468 e. The van der Waals surface area contributed by atoms with Crippen LogP contribution in [-0.4, -0.2) is 22.6 Å². The smallest absolute Gasteiger partial charge is 0.299 e. The molecule has 1 aromatic carbocycles. The lowest BCUT2D eigenvalue weighted by Crippen LogP contribution is -2.29. The summed E-state index contributed by atoms with van der Waals surface area (Å²) in [5.41, 5.74) is 0.416. The zero-order valence-corrected chi connectivity index (χ0v) is 11.6. The molecule has 0 saturated heterocycles. The van der Waals surface area contributed by atoms with Gasteiger partial charge in [0.2, 0.25) is 5.91 Å². The van der Waals surface area contributed by atoms with Crippen LogP contribution >= 0.6 is 0 Å². The molecule has 0 unspecified atom stereocenters. The fourth-order valence-corrected chi connectivity index (χ4v) is 1.81. The zero-order valence-electron chi connectivity index (χ0n) is 11.6. The van der Waals surface area contributed by atoms with Gasteiger partial charge in [-0.05, 0) is 25.1 Å². The maximum Gasteiger partial charge on any atom is 0.299 e. The molecule has 0 atom stereocenters. The third-order valence-corrected chi connectivity index (χ3v) is 2.69. The Hall–Kier alpha value is -2.70. The Bertz CT molecular complexity index is 728. The Kier molecular flexibility index (Phi) is 4.32. The summed E-state index contributed by atoms with van der Waals surface area (Å²) in [4.78, 5) is 27.8. The molecule has 0 fully saturated rings. The molecule has 0 radical (unpaired) electrons. The topological polar surface area (TPSA) is 73.2 Å². The van der Waals surface area contributed by atoms with Gasteiger partial charge in [-0.1, -0.05) is 6.07 Å². The van der Waals surface area contributed by atoms with Crippen LogP contribution in [-0.2, 0) is 11.3 Å². The van der Waals surface area contributed by atoms with Crippen LogP contribution in [0.15, 0.2) is 35.1 Å². The number of halogens is 1. The first-order valence-corrected chi connectivity index (χ1v) is 6.17. The van der Waals surface area contributed by atoms with Crippen LogP contribution in [0.4, 0.5) is 10.1 Å². The van der Waals surface area contributed by atoms with E-state index in [1.807, 2.05) is 0 Å². The van der Waals surface area contributed by atoms with Crippen molar-refractivity contribution in [3.05, 3.63) is 52.2 Å². The van der Waals surface area contributed by atoms with Gasteiger partial charge in [-0.25, -0.2) is 9.37 Å². The summed E-state index contributed by atoms with van der Waals surface area (Å²) < 4.78 is 19.1. The second kappa shape index (κ2) is 6.17. The van der Waals surface area contributed by atoms with Crippen molar-refractivity contribution in [2.24, 2.45) is 0 Å². The Morgan fingerprint density at radius 3 is 2.86 bits per heavy atom. The molecule has 6 nitrogen and oxygen atoms in total. The lowest BCUT2D eigenvalue weighted by Gasteiger charge is -2.11. The van der Waals surface area contributed by atoms with E-state index >= 15 is 0 Å². The predicted octanol–water partition coefficient (Wildman–Crippen LogP) is 1.34. The quantitative estimate of drug-likeness (QED) is 0.922. The molecule has 7 heteroatoms. The van der Waals surface area contributed by atoms with E-state index in [1.165, 1.54) is 31.4 Å². The number of ether oxygens (including phenoxy) is 1. The van der Waals surface area contributed by atoms with Crippen LogP contribution in [0.2, 0.25) is 0 Å². The Balaban J connectivity index is 2.18. The summed E-state index contributed by atoms with van der Waals surface area (Å²) in [6, 6.07) is 6.84. The van der Waals surface area contributed by atoms with Crippen LogP contribution < -0.4 is 15.6 Å². The third-order valence-electron chi connectivity index (χ3n) is 2.69. The molecule has 1 amide bonds. The van der Waals surface area contributed by atoms with Crippen molar-refractivity contribution in [2.75, 3.05) is 12.4 Å². The minimum absolute atomic E-state index is 0.0504. The number of carbonyl (C=O) groups is 1. The number of benzene rings is 1. The number of nitrogens with zero attached hydrogens (tertiary/aromatic N) is 2. The minimum Gasteiger partial charge on any atom is -0.468 e. The van der Waals surface area contributed by atoms with E-state index in [-0.39, 0.29) is 12.6 Å². The number of hydrogen-bond acceptors (Lipinski definition) is 4. The summed E-state index contributed by atoms with van der Waals surface area (Å²) in [7, 11) is 1.36. The van der Waals surface area contributed by atoms with E-state index in [4.69, 9.17) is 4.74 Å². The van der Waals surface area contributed by atoms with Crippen LogP contribution in [0.1, 0.15) is 5.69 Å². The van der Waals surface area contributed by atoms with E-state index in [0.29, 0.717) is 11.4 Å². The van der Waals surface area contributed by atoms with E-state index in [9.17, 15) is 14.0 Å². The SMILES string of the molecule is COc1nc(C)cc(=O)n1CC(=O)Nc1cccc(F)c1. The number of hydrogen-bond donors (Lipinski definition) is 1. The molecular formula is C14H14FN3O3. The molecule has 2 rings (SSSR count). The third kappa shape index (κ3) is 3.65. The summed E-state index contributed by atoms with van der Waals surface area (Å²) in [5, 5.41) is 2.50. The highest BCUT2D eigenvalue weighted by molar-refractivity contribution is 5.90. The van der Waals surface area contributed by atoms with Gasteiger partial charge < -0.3 is 10.1 Å². The first-order valence-electron chi connectivity index (χ1n) is 6.17. The summed E-state index contributed by atoms with van der Waals surface area (Å²) in [5.74, 6) is -0.939. The standard InChI is InChI=1S/C14H14FN3O3/c1-9-6-13(20)18(14(16-9)21-2)8-12(19)17-11-5-3-4-10(15)7-11/h3-7H,8H2,1-2H3,(H,17,19). The van der Waals surface area contributed by atoms with Crippen molar-refractivity contribution >= 4 is 11.6 Å². The number of rotatable bonds is 4. The van der Waals surface area contributed by atoms with Crippen molar-refractivity contribution < 1.29 is 13.9 Å². The van der Waals surface area contributed by atoms with Gasteiger partial charge in [0.1, 0.15) is 12.4 Å². The molecule has 0 aliphatic carbocycles. The number of anilines is 1. The second-order valence-corrected chi connectivity index (χ2v) is 4.37. The van der Waals surface area contributed by atoms with E-state index in [1.54, 1.807) is 13.0 Å². The van der Waals surface area contributed by atoms with Gasteiger partial charge in [0.05, 0.1) is 7.11 Å². The summed E-state index contributed by atoms with van der Waals surface area (Å²) >= 11 is 0. The van der Waals surface area contributed by atoms with Crippen LogP contribution in [0.25, 0.3) is 0 Å². The molecule has 0 aliphatic rings. The Morgan fingerprint density at radius 1 is 1.43 bits per heavy atom. The molecule has 1 N–H and O–H groups in total.